The molecule has 1 atom stereocenters. The highest BCUT2D eigenvalue weighted by Gasteiger charge is 2.23. The van der Waals surface area contributed by atoms with Crippen LogP contribution in [0.1, 0.15) is 35.1 Å². The maximum atomic E-state index is 12.4. The lowest BCUT2D eigenvalue weighted by Crippen LogP contribution is -2.42. The van der Waals surface area contributed by atoms with Crippen molar-refractivity contribution in [3.63, 3.8) is 0 Å². The van der Waals surface area contributed by atoms with Crippen LogP contribution in [0, 0.1) is 13.8 Å². The van der Waals surface area contributed by atoms with Crippen molar-refractivity contribution in [1.29, 1.82) is 0 Å². The molecule has 2 N–H and O–H groups in total. The van der Waals surface area contributed by atoms with Crippen LogP contribution in [0.2, 0.25) is 0 Å². The summed E-state index contributed by atoms with van der Waals surface area (Å²) in [5.41, 5.74) is 2.93. The summed E-state index contributed by atoms with van der Waals surface area (Å²) in [6, 6.07) is 3.42. The molecule has 0 radical (unpaired) electrons. The summed E-state index contributed by atoms with van der Waals surface area (Å²) in [7, 11) is -3.32. The molecule has 1 amide bonds. The average molecular weight is 379 g/mol. The molecule has 0 aliphatic carbocycles. The lowest BCUT2D eigenvalue weighted by molar-refractivity contribution is -0.139. The van der Waals surface area contributed by atoms with Crippen LogP contribution in [-0.2, 0) is 14.6 Å². The highest BCUT2D eigenvalue weighted by molar-refractivity contribution is 7.91. The Kier molecular flexibility index (Phi) is 5.91. The van der Waals surface area contributed by atoms with E-state index in [-0.39, 0.29) is 23.5 Å². The normalized spacial score (nSPS) is 12.7. The number of amides is 1. The Morgan fingerprint density at radius 3 is 2.35 bits per heavy atom. The Labute approximate surface area is 151 Å². The first-order valence-electron chi connectivity index (χ1n) is 8.12. The monoisotopic (exact) mass is 379 g/mol. The first kappa shape index (κ1) is 19.8. The van der Waals surface area contributed by atoms with Gasteiger partial charge in [0.05, 0.1) is 28.2 Å². The van der Waals surface area contributed by atoms with Gasteiger partial charge >= 0.3 is 5.97 Å². The zero-order chi connectivity index (χ0) is 19.5. The second-order valence-electron chi connectivity index (χ2n) is 5.99. The Morgan fingerprint density at radius 1 is 1.15 bits per heavy atom. The molecule has 0 bridgehead atoms. The van der Waals surface area contributed by atoms with Gasteiger partial charge in [-0.25, -0.2) is 23.2 Å². The standard InChI is InChI=1S/C17H21N3O5S/c1-4-26(24,25)8-7-14(17(22)23)20-16(21)12-5-6-13-15(9-12)19-11(3)10(2)18-13/h5-6,9,14H,4,7-8H2,1-3H3,(H,20,21)(H,22,23). The number of aryl methyl sites for hydroxylation is 2. The molecule has 0 saturated heterocycles. The lowest BCUT2D eigenvalue weighted by Gasteiger charge is -2.14. The molecule has 140 valence electrons. The highest BCUT2D eigenvalue weighted by atomic mass is 32.2. The maximum Gasteiger partial charge on any atom is 0.326 e. The molecule has 8 nitrogen and oxygen atoms in total. The van der Waals surface area contributed by atoms with E-state index in [4.69, 9.17) is 0 Å². The number of benzene rings is 1. The van der Waals surface area contributed by atoms with Gasteiger partial charge in [0.15, 0.2) is 0 Å². The largest absolute Gasteiger partial charge is 0.480 e. The van der Waals surface area contributed by atoms with Gasteiger partial charge in [0, 0.05) is 11.3 Å². The Bertz CT molecular complexity index is 956. The van der Waals surface area contributed by atoms with E-state index in [1.165, 1.54) is 19.1 Å². The Morgan fingerprint density at radius 2 is 1.77 bits per heavy atom. The van der Waals surface area contributed by atoms with E-state index >= 15 is 0 Å². The molecule has 1 heterocycles. The number of fused-ring (bicyclic) bond motifs is 1. The molecule has 26 heavy (non-hydrogen) atoms. The third-order valence-electron chi connectivity index (χ3n) is 4.10. The van der Waals surface area contributed by atoms with E-state index in [0.717, 1.165) is 11.4 Å². The van der Waals surface area contributed by atoms with Crippen molar-refractivity contribution in [3.8, 4) is 0 Å². The number of aromatic nitrogens is 2. The van der Waals surface area contributed by atoms with E-state index in [2.05, 4.69) is 15.3 Å². The number of aliphatic carboxylic acids is 1. The second kappa shape index (κ2) is 7.77. The zero-order valence-corrected chi connectivity index (χ0v) is 15.6. The van der Waals surface area contributed by atoms with E-state index in [9.17, 15) is 23.1 Å². The molecule has 1 unspecified atom stereocenters. The molecule has 2 aromatic rings. The van der Waals surface area contributed by atoms with Crippen molar-refractivity contribution in [3.05, 3.63) is 35.2 Å². The Hall–Kier alpha value is -2.55. The van der Waals surface area contributed by atoms with Crippen LogP contribution in [0.25, 0.3) is 11.0 Å². The van der Waals surface area contributed by atoms with Gasteiger partial charge in [0.1, 0.15) is 15.9 Å². The molecular weight excluding hydrogens is 358 g/mol. The molecule has 0 fully saturated rings. The van der Waals surface area contributed by atoms with Crippen LogP contribution >= 0.6 is 0 Å². The molecular formula is C17H21N3O5S. The molecule has 0 aliphatic heterocycles. The van der Waals surface area contributed by atoms with Gasteiger partial charge in [-0.1, -0.05) is 6.92 Å². The number of sulfone groups is 1. The number of nitrogens with one attached hydrogen (secondary N) is 1. The number of carboxylic acids is 1. The van der Waals surface area contributed by atoms with E-state index < -0.39 is 27.8 Å². The number of nitrogens with zero attached hydrogens (tertiary/aromatic N) is 2. The summed E-state index contributed by atoms with van der Waals surface area (Å²) in [6.45, 7) is 5.14. The molecule has 0 aliphatic rings. The molecule has 0 saturated carbocycles. The van der Waals surface area contributed by atoms with Crippen molar-refractivity contribution in [2.75, 3.05) is 11.5 Å². The van der Waals surface area contributed by atoms with Crippen LogP contribution in [-0.4, -0.2) is 52.9 Å². The van der Waals surface area contributed by atoms with Crippen molar-refractivity contribution in [2.24, 2.45) is 0 Å². The van der Waals surface area contributed by atoms with E-state index in [1.54, 1.807) is 6.07 Å². The number of hydrogen-bond donors (Lipinski definition) is 2. The highest BCUT2D eigenvalue weighted by Crippen LogP contribution is 2.15. The third kappa shape index (κ3) is 4.75. The SMILES string of the molecule is CCS(=O)(=O)CCC(NC(=O)c1ccc2nc(C)c(C)nc2c1)C(=O)O. The number of carbonyl (C=O) groups is 2. The van der Waals surface area contributed by atoms with Crippen LogP contribution in [0.15, 0.2) is 18.2 Å². The predicted octanol–water partition coefficient (Wildman–Crippen LogP) is 1.25. The second-order valence-corrected chi connectivity index (χ2v) is 8.46. The van der Waals surface area contributed by atoms with Gasteiger partial charge in [-0.15, -0.1) is 0 Å². The number of carboxylic acid groups (broad SMARTS) is 1. The molecule has 1 aromatic heterocycles. The van der Waals surface area contributed by atoms with Gasteiger partial charge in [-0.05, 0) is 38.5 Å². The summed E-state index contributed by atoms with van der Waals surface area (Å²) in [4.78, 5) is 32.5. The third-order valence-corrected chi connectivity index (χ3v) is 5.84. The van der Waals surface area contributed by atoms with Crippen LogP contribution in [0.5, 0.6) is 0 Å². The van der Waals surface area contributed by atoms with Crippen LogP contribution in [0.4, 0.5) is 0 Å². The van der Waals surface area contributed by atoms with Crippen LogP contribution in [0.3, 0.4) is 0 Å². The summed E-state index contributed by atoms with van der Waals surface area (Å²) >= 11 is 0. The summed E-state index contributed by atoms with van der Waals surface area (Å²) in [6.07, 6.45) is -0.192. The van der Waals surface area contributed by atoms with Gasteiger partial charge in [-0.2, -0.15) is 0 Å². The minimum absolute atomic E-state index is 0.0740. The topological polar surface area (TPSA) is 126 Å². The summed E-state index contributed by atoms with van der Waals surface area (Å²) in [5, 5.41) is 11.6. The van der Waals surface area contributed by atoms with Crippen LogP contribution < -0.4 is 5.32 Å². The fourth-order valence-corrected chi connectivity index (χ4v) is 3.20. The molecule has 0 spiro atoms. The maximum absolute atomic E-state index is 12.4. The zero-order valence-electron chi connectivity index (χ0n) is 14.8. The fourth-order valence-electron chi connectivity index (χ4n) is 2.31. The van der Waals surface area contributed by atoms with Gasteiger partial charge in [-0.3, -0.25) is 4.79 Å². The number of rotatable bonds is 7. The van der Waals surface area contributed by atoms with Crippen molar-refractivity contribution < 1.29 is 23.1 Å². The Balaban J connectivity index is 2.19. The molecule has 9 heteroatoms. The quantitative estimate of drug-likeness (QED) is 0.741. The van der Waals surface area contributed by atoms with E-state index in [0.29, 0.717) is 11.0 Å². The average Bonchev–Trinajstić information content (AvgIpc) is 2.58. The van der Waals surface area contributed by atoms with Gasteiger partial charge < -0.3 is 10.4 Å². The summed E-state index contributed by atoms with van der Waals surface area (Å²) in [5.74, 6) is -2.26. The van der Waals surface area contributed by atoms with Crippen molar-refractivity contribution >= 4 is 32.7 Å². The summed E-state index contributed by atoms with van der Waals surface area (Å²) < 4.78 is 23.1. The fraction of sp³-hybridized carbons (Fsp3) is 0.412. The lowest BCUT2D eigenvalue weighted by atomic mass is 10.1. The molecule has 2 rings (SSSR count). The van der Waals surface area contributed by atoms with Crippen molar-refractivity contribution in [1.82, 2.24) is 15.3 Å². The molecule has 1 aromatic carbocycles. The van der Waals surface area contributed by atoms with Gasteiger partial charge in [0.25, 0.3) is 5.91 Å². The predicted molar refractivity (Wildman–Crippen MR) is 96.8 cm³/mol. The van der Waals surface area contributed by atoms with Crippen molar-refractivity contribution in [2.45, 2.75) is 33.2 Å². The first-order chi connectivity index (χ1) is 12.1. The first-order valence-corrected chi connectivity index (χ1v) is 9.94. The number of carbonyl (C=O) groups excluding carboxylic acids is 1. The smallest absolute Gasteiger partial charge is 0.326 e. The minimum atomic E-state index is -3.32. The van der Waals surface area contributed by atoms with E-state index in [1.807, 2.05) is 13.8 Å². The number of hydrogen-bond acceptors (Lipinski definition) is 6. The minimum Gasteiger partial charge on any atom is -0.480 e. The van der Waals surface area contributed by atoms with Gasteiger partial charge in [0.2, 0.25) is 0 Å².